The molecule has 0 N–H and O–H groups in total. The monoisotopic (exact) mass is 315 g/mol. The standard InChI is InChI=1S/C11H7FINO/c12-8-1-3-10(4-2-8)15-11-5-9(13)6-14-7-11/h1-7H. The lowest BCUT2D eigenvalue weighted by molar-refractivity contribution is 0.478. The summed E-state index contributed by atoms with van der Waals surface area (Å²) in [7, 11) is 0. The molecule has 0 aliphatic carbocycles. The maximum absolute atomic E-state index is 12.6. The SMILES string of the molecule is Fc1ccc(Oc2cncc(I)c2)cc1. The third kappa shape index (κ3) is 2.89. The molecule has 4 heteroatoms. The Kier molecular flexibility index (Phi) is 3.15. The number of hydrogen-bond donors (Lipinski definition) is 0. The lowest BCUT2D eigenvalue weighted by Crippen LogP contribution is -1.86. The first kappa shape index (κ1) is 10.4. The van der Waals surface area contributed by atoms with Crippen LogP contribution in [0.3, 0.4) is 0 Å². The highest BCUT2D eigenvalue weighted by molar-refractivity contribution is 14.1. The number of ether oxygens (including phenoxy) is 1. The minimum absolute atomic E-state index is 0.275. The Morgan fingerprint density at radius 3 is 2.47 bits per heavy atom. The summed E-state index contributed by atoms with van der Waals surface area (Å²) >= 11 is 2.15. The van der Waals surface area contributed by atoms with Gasteiger partial charge in [-0.05, 0) is 52.9 Å². The van der Waals surface area contributed by atoms with Gasteiger partial charge in [0.05, 0.1) is 6.20 Å². The van der Waals surface area contributed by atoms with Gasteiger partial charge in [0.2, 0.25) is 0 Å². The zero-order chi connectivity index (χ0) is 10.7. The third-order valence-electron chi connectivity index (χ3n) is 1.73. The molecular weight excluding hydrogens is 308 g/mol. The summed E-state index contributed by atoms with van der Waals surface area (Å²) in [4.78, 5) is 3.99. The van der Waals surface area contributed by atoms with E-state index in [-0.39, 0.29) is 5.82 Å². The van der Waals surface area contributed by atoms with E-state index in [0.29, 0.717) is 11.5 Å². The maximum atomic E-state index is 12.6. The van der Waals surface area contributed by atoms with Crippen LogP contribution < -0.4 is 4.74 Å². The number of hydrogen-bond acceptors (Lipinski definition) is 2. The van der Waals surface area contributed by atoms with Crippen LogP contribution in [-0.4, -0.2) is 4.98 Å². The summed E-state index contributed by atoms with van der Waals surface area (Å²) in [6, 6.07) is 7.73. The Morgan fingerprint density at radius 1 is 1.07 bits per heavy atom. The van der Waals surface area contributed by atoms with E-state index in [1.54, 1.807) is 24.5 Å². The highest BCUT2D eigenvalue weighted by Crippen LogP contribution is 2.21. The molecule has 0 saturated carbocycles. The van der Waals surface area contributed by atoms with Crippen molar-refractivity contribution in [3.05, 3.63) is 52.1 Å². The molecule has 15 heavy (non-hydrogen) atoms. The van der Waals surface area contributed by atoms with Gasteiger partial charge in [0, 0.05) is 9.77 Å². The van der Waals surface area contributed by atoms with E-state index in [4.69, 9.17) is 4.74 Å². The molecule has 0 aliphatic heterocycles. The van der Waals surface area contributed by atoms with Gasteiger partial charge in [-0.2, -0.15) is 0 Å². The van der Waals surface area contributed by atoms with Crippen LogP contribution in [0, 0.1) is 9.39 Å². The van der Waals surface area contributed by atoms with Gasteiger partial charge >= 0.3 is 0 Å². The molecule has 0 atom stereocenters. The quantitative estimate of drug-likeness (QED) is 0.790. The van der Waals surface area contributed by atoms with Crippen molar-refractivity contribution in [3.63, 3.8) is 0 Å². The second-order valence-electron chi connectivity index (χ2n) is 2.89. The zero-order valence-corrected chi connectivity index (χ0v) is 9.81. The van der Waals surface area contributed by atoms with Gasteiger partial charge in [-0.15, -0.1) is 0 Å². The van der Waals surface area contributed by atoms with Gasteiger partial charge in [-0.1, -0.05) is 0 Å². The first-order valence-corrected chi connectivity index (χ1v) is 5.36. The van der Waals surface area contributed by atoms with Gasteiger partial charge in [0.1, 0.15) is 17.3 Å². The van der Waals surface area contributed by atoms with E-state index >= 15 is 0 Å². The lowest BCUT2D eigenvalue weighted by atomic mass is 10.3. The van der Waals surface area contributed by atoms with Gasteiger partial charge in [0.25, 0.3) is 0 Å². The van der Waals surface area contributed by atoms with Crippen LogP contribution in [-0.2, 0) is 0 Å². The Balaban J connectivity index is 2.18. The van der Waals surface area contributed by atoms with E-state index in [9.17, 15) is 4.39 Å². The first-order chi connectivity index (χ1) is 7.24. The average Bonchev–Trinajstić information content (AvgIpc) is 2.22. The molecule has 0 unspecified atom stereocenters. The molecule has 0 saturated heterocycles. The molecule has 0 radical (unpaired) electrons. The Labute approximate surface area is 100 Å². The summed E-state index contributed by atoms with van der Waals surface area (Å²) in [5.74, 6) is 0.969. The van der Waals surface area contributed by atoms with Crippen molar-refractivity contribution in [1.82, 2.24) is 4.98 Å². The molecule has 2 nitrogen and oxygen atoms in total. The molecule has 0 aliphatic rings. The summed E-state index contributed by atoms with van der Waals surface area (Å²) in [5, 5.41) is 0. The third-order valence-corrected chi connectivity index (χ3v) is 2.32. The number of aromatic nitrogens is 1. The Bertz CT molecular complexity index is 458. The van der Waals surface area contributed by atoms with Crippen molar-refractivity contribution < 1.29 is 9.13 Å². The van der Waals surface area contributed by atoms with E-state index in [1.807, 2.05) is 6.07 Å². The predicted octanol–water partition coefficient (Wildman–Crippen LogP) is 3.62. The number of rotatable bonds is 2. The Hall–Kier alpha value is -1.17. The van der Waals surface area contributed by atoms with Crippen molar-refractivity contribution >= 4 is 22.6 Å². The fraction of sp³-hybridized carbons (Fsp3) is 0. The molecule has 2 aromatic rings. The fourth-order valence-corrected chi connectivity index (χ4v) is 1.55. The topological polar surface area (TPSA) is 22.1 Å². The second kappa shape index (κ2) is 4.57. The van der Waals surface area contributed by atoms with Crippen molar-refractivity contribution in [2.45, 2.75) is 0 Å². The Morgan fingerprint density at radius 2 is 1.80 bits per heavy atom. The van der Waals surface area contributed by atoms with Crippen LogP contribution in [0.4, 0.5) is 4.39 Å². The molecule has 76 valence electrons. The van der Waals surface area contributed by atoms with Crippen molar-refractivity contribution in [2.75, 3.05) is 0 Å². The normalized spacial score (nSPS) is 10.0. The minimum atomic E-state index is -0.275. The van der Waals surface area contributed by atoms with E-state index in [1.165, 1.54) is 12.1 Å². The molecular formula is C11H7FINO. The molecule has 0 spiro atoms. The smallest absolute Gasteiger partial charge is 0.146 e. The van der Waals surface area contributed by atoms with Crippen LogP contribution in [0.25, 0.3) is 0 Å². The van der Waals surface area contributed by atoms with Crippen LogP contribution in [0.1, 0.15) is 0 Å². The molecule has 2 rings (SSSR count). The lowest BCUT2D eigenvalue weighted by Gasteiger charge is -2.04. The highest BCUT2D eigenvalue weighted by Gasteiger charge is 1.98. The number of benzene rings is 1. The maximum Gasteiger partial charge on any atom is 0.146 e. The van der Waals surface area contributed by atoms with Gasteiger partial charge in [-0.3, -0.25) is 4.98 Å². The largest absolute Gasteiger partial charge is 0.456 e. The van der Waals surface area contributed by atoms with Crippen molar-refractivity contribution in [3.8, 4) is 11.5 Å². The van der Waals surface area contributed by atoms with Gasteiger partial charge < -0.3 is 4.74 Å². The fourth-order valence-electron chi connectivity index (χ4n) is 1.09. The molecule has 0 bridgehead atoms. The van der Waals surface area contributed by atoms with Crippen LogP contribution in [0.2, 0.25) is 0 Å². The summed E-state index contributed by atoms with van der Waals surface area (Å²) in [6.45, 7) is 0. The summed E-state index contributed by atoms with van der Waals surface area (Å²) in [5.41, 5.74) is 0. The van der Waals surface area contributed by atoms with E-state index in [0.717, 1.165) is 3.57 Å². The van der Waals surface area contributed by atoms with E-state index < -0.39 is 0 Å². The predicted molar refractivity (Wildman–Crippen MR) is 63.4 cm³/mol. The van der Waals surface area contributed by atoms with Crippen molar-refractivity contribution in [1.29, 1.82) is 0 Å². The van der Waals surface area contributed by atoms with Crippen molar-refractivity contribution in [2.24, 2.45) is 0 Å². The van der Waals surface area contributed by atoms with Crippen LogP contribution in [0.5, 0.6) is 11.5 Å². The molecule has 0 fully saturated rings. The van der Waals surface area contributed by atoms with E-state index in [2.05, 4.69) is 27.6 Å². The van der Waals surface area contributed by atoms with Crippen LogP contribution in [0.15, 0.2) is 42.7 Å². The second-order valence-corrected chi connectivity index (χ2v) is 4.14. The summed E-state index contributed by atoms with van der Waals surface area (Å²) < 4.78 is 19.1. The molecule has 0 amide bonds. The minimum Gasteiger partial charge on any atom is -0.456 e. The summed E-state index contributed by atoms with van der Waals surface area (Å²) in [6.07, 6.45) is 3.35. The molecule has 1 heterocycles. The van der Waals surface area contributed by atoms with Gasteiger partial charge in [-0.25, -0.2) is 4.39 Å². The molecule has 1 aromatic heterocycles. The zero-order valence-electron chi connectivity index (χ0n) is 7.65. The number of nitrogens with zero attached hydrogens (tertiary/aromatic N) is 1. The van der Waals surface area contributed by atoms with Gasteiger partial charge in [0.15, 0.2) is 0 Å². The molecule has 1 aromatic carbocycles. The van der Waals surface area contributed by atoms with Crippen LogP contribution >= 0.6 is 22.6 Å². The number of pyridine rings is 1. The first-order valence-electron chi connectivity index (χ1n) is 4.28. The average molecular weight is 315 g/mol. The number of halogens is 2. The highest BCUT2D eigenvalue weighted by atomic mass is 127.